The van der Waals surface area contributed by atoms with Crippen molar-refractivity contribution in [2.45, 2.75) is 13.1 Å². The molecule has 0 saturated carbocycles. The van der Waals surface area contributed by atoms with Crippen LogP contribution in [0.15, 0.2) is 12.7 Å². The zero-order valence-corrected chi connectivity index (χ0v) is 5.88. The minimum absolute atomic E-state index is 0. The fourth-order valence-corrected chi connectivity index (χ4v) is 0.428. The molecule has 0 saturated heterocycles. The van der Waals surface area contributed by atoms with Gasteiger partial charge in [0.05, 0.1) is 6.17 Å². The Morgan fingerprint density at radius 1 is 1.67 bits per heavy atom. The first-order valence-electron chi connectivity index (χ1n) is 2.40. The lowest BCUT2D eigenvalue weighted by molar-refractivity contribution is 0.508. The van der Waals surface area contributed by atoms with Gasteiger partial charge in [0, 0.05) is 0 Å². The molecule has 1 rings (SSSR count). The Morgan fingerprint density at radius 2 is 2.33 bits per heavy atom. The summed E-state index contributed by atoms with van der Waals surface area (Å²) >= 11 is 0. The van der Waals surface area contributed by atoms with Crippen molar-refractivity contribution in [3.8, 4) is 0 Å². The number of rotatable bonds is 1. The van der Waals surface area contributed by atoms with Crippen LogP contribution in [-0.2, 0) is 0 Å². The third kappa shape index (κ3) is 1.99. The van der Waals surface area contributed by atoms with Gasteiger partial charge >= 0.3 is 0 Å². The maximum absolute atomic E-state index is 5.42. The predicted octanol–water partition coefficient (Wildman–Crippen LogP) is 0.177. The van der Waals surface area contributed by atoms with Gasteiger partial charge in [-0.2, -0.15) is 5.10 Å². The number of hydrogen-bond donors (Lipinski definition) is 1. The van der Waals surface area contributed by atoms with Crippen LogP contribution in [0.1, 0.15) is 13.1 Å². The van der Waals surface area contributed by atoms with Crippen molar-refractivity contribution < 1.29 is 0 Å². The lowest BCUT2D eigenvalue weighted by Crippen LogP contribution is -2.14. The molecule has 0 aromatic carbocycles. The summed E-state index contributed by atoms with van der Waals surface area (Å²) in [7, 11) is 0. The van der Waals surface area contributed by atoms with Crippen LogP contribution in [0.4, 0.5) is 0 Å². The summed E-state index contributed by atoms with van der Waals surface area (Å²) in [5, 5.41) is 3.80. The predicted molar refractivity (Wildman–Crippen MR) is 36.2 cm³/mol. The number of hydrogen-bond acceptors (Lipinski definition) is 3. The Morgan fingerprint density at radius 3 is 2.56 bits per heavy atom. The number of nitrogens with two attached hydrogens (primary N) is 1. The number of aromatic nitrogens is 3. The van der Waals surface area contributed by atoms with E-state index in [0.717, 1.165) is 0 Å². The van der Waals surface area contributed by atoms with Gasteiger partial charge in [0.1, 0.15) is 12.7 Å². The second kappa shape index (κ2) is 3.42. The van der Waals surface area contributed by atoms with E-state index in [1.807, 2.05) is 6.92 Å². The average Bonchev–Trinajstić information content (AvgIpc) is 2.12. The third-order valence-electron chi connectivity index (χ3n) is 0.854. The summed E-state index contributed by atoms with van der Waals surface area (Å²) in [6.07, 6.45) is 2.98. The molecule has 1 unspecified atom stereocenters. The van der Waals surface area contributed by atoms with Crippen LogP contribution in [0.2, 0.25) is 0 Å². The van der Waals surface area contributed by atoms with Crippen molar-refractivity contribution >= 4 is 12.4 Å². The van der Waals surface area contributed by atoms with Crippen LogP contribution >= 0.6 is 12.4 Å². The molecule has 0 bridgehead atoms. The van der Waals surface area contributed by atoms with Crippen LogP contribution in [0.3, 0.4) is 0 Å². The molecule has 5 heteroatoms. The minimum Gasteiger partial charge on any atom is -0.310 e. The van der Waals surface area contributed by atoms with Crippen LogP contribution in [0, 0.1) is 0 Å². The Kier molecular flexibility index (Phi) is 3.19. The summed E-state index contributed by atoms with van der Waals surface area (Å²) in [4.78, 5) is 3.72. The first-order chi connectivity index (χ1) is 3.80. The van der Waals surface area contributed by atoms with E-state index in [-0.39, 0.29) is 18.6 Å². The quantitative estimate of drug-likeness (QED) is 0.618. The second-order valence-corrected chi connectivity index (χ2v) is 1.62. The van der Waals surface area contributed by atoms with Gasteiger partial charge in [-0.15, -0.1) is 12.4 Å². The maximum Gasteiger partial charge on any atom is 0.137 e. The summed E-state index contributed by atoms with van der Waals surface area (Å²) < 4.78 is 1.58. The van der Waals surface area contributed by atoms with Crippen molar-refractivity contribution in [3.05, 3.63) is 12.7 Å². The van der Waals surface area contributed by atoms with Gasteiger partial charge in [-0.25, -0.2) is 9.67 Å². The van der Waals surface area contributed by atoms with Crippen molar-refractivity contribution in [2.24, 2.45) is 5.73 Å². The van der Waals surface area contributed by atoms with Crippen molar-refractivity contribution in [3.63, 3.8) is 0 Å². The van der Waals surface area contributed by atoms with E-state index in [1.165, 1.54) is 6.33 Å². The molecule has 0 spiro atoms. The lowest BCUT2D eigenvalue weighted by Gasteiger charge is -2.00. The van der Waals surface area contributed by atoms with Crippen LogP contribution in [0.5, 0.6) is 0 Å². The molecule has 2 N–H and O–H groups in total. The molecule has 0 aliphatic rings. The molecule has 1 aromatic heterocycles. The maximum atomic E-state index is 5.42. The molecule has 1 aromatic rings. The molecule has 1 heterocycles. The molecule has 4 nitrogen and oxygen atoms in total. The third-order valence-corrected chi connectivity index (χ3v) is 0.854. The standard InChI is InChI=1S/C4H8N4.ClH/c1-4(5)8-3-6-2-7-8;/h2-4H,5H2,1H3;1H. The van der Waals surface area contributed by atoms with Crippen molar-refractivity contribution in [1.82, 2.24) is 14.8 Å². The summed E-state index contributed by atoms with van der Waals surface area (Å²) in [5.41, 5.74) is 5.42. The second-order valence-electron chi connectivity index (χ2n) is 1.62. The Balaban J connectivity index is 0.000000640. The first-order valence-corrected chi connectivity index (χ1v) is 2.40. The molecule has 1 atom stereocenters. The van der Waals surface area contributed by atoms with E-state index < -0.39 is 0 Å². The highest BCUT2D eigenvalue weighted by molar-refractivity contribution is 5.85. The van der Waals surface area contributed by atoms with E-state index >= 15 is 0 Å². The summed E-state index contributed by atoms with van der Waals surface area (Å²) in [5.74, 6) is 0. The van der Waals surface area contributed by atoms with Crippen LogP contribution < -0.4 is 5.73 Å². The zero-order chi connectivity index (χ0) is 5.98. The largest absolute Gasteiger partial charge is 0.310 e. The monoisotopic (exact) mass is 148 g/mol. The van der Waals surface area contributed by atoms with Gasteiger partial charge in [-0.3, -0.25) is 0 Å². The molecule has 0 radical (unpaired) electrons. The van der Waals surface area contributed by atoms with Gasteiger partial charge in [-0.05, 0) is 6.92 Å². The Bertz CT molecular complexity index is 148. The zero-order valence-electron chi connectivity index (χ0n) is 5.06. The first kappa shape index (κ1) is 8.39. The van der Waals surface area contributed by atoms with Crippen molar-refractivity contribution in [2.75, 3.05) is 0 Å². The van der Waals surface area contributed by atoms with Crippen LogP contribution in [-0.4, -0.2) is 14.8 Å². The lowest BCUT2D eigenvalue weighted by atomic mass is 10.6. The smallest absolute Gasteiger partial charge is 0.137 e. The van der Waals surface area contributed by atoms with E-state index in [4.69, 9.17) is 5.73 Å². The summed E-state index contributed by atoms with van der Waals surface area (Å²) in [6, 6.07) is 0. The average molecular weight is 149 g/mol. The normalized spacial score (nSPS) is 12.2. The molecule has 0 fully saturated rings. The van der Waals surface area contributed by atoms with Gasteiger partial charge in [-0.1, -0.05) is 0 Å². The van der Waals surface area contributed by atoms with Gasteiger partial charge in [0.15, 0.2) is 0 Å². The molecule has 0 aliphatic carbocycles. The SMILES string of the molecule is CC(N)n1cncn1.Cl. The molecule has 0 amide bonds. The molecular formula is C4H9ClN4. The Labute approximate surface area is 59.5 Å². The molecule has 52 valence electrons. The van der Waals surface area contributed by atoms with E-state index in [1.54, 1.807) is 11.0 Å². The fourth-order valence-electron chi connectivity index (χ4n) is 0.428. The van der Waals surface area contributed by atoms with E-state index in [2.05, 4.69) is 10.1 Å². The summed E-state index contributed by atoms with van der Waals surface area (Å²) in [6.45, 7) is 1.84. The molecule has 0 aliphatic heterocycles. The minimum atomic E-state index is -0.0718. The number of nitrogens with zero attached hydrogens (tertiary/aromatic N) is 3. The van der Waals surface area contributed by atoms with E-state index in [9.17, 15) is 0 Å². The Hall–Kier alpha value is -0.610. The molecular weight excluding hydrogens is 140 g/mol. The topological polar surface area (TPSA) is 56.7 Å². The van der Waals surface area contributed by atoms with Gasteiger partial charge in [0.25, 0.3) is 0 Å². The highest BCUT2D eigenvalue weighted by atomic mass is 35.5. The van der Waals surface area contributed by atoms with Gasteiger partial charge in [0.2, 0.25) is 0 Å². The van der Waals surface area contributed by atoms with E-state index in [0.29, 0.717) is 0 Å². The highest BCUT2D eigenvalue weighted by Gasteiger charge is 1.92. The highest BCUT2D eigenvalue weighted by Crippen LogP contribution is 1.88. The molecule has 9 heavy (non-hydrogen) atoms. The van der Waals surface area contributed by atoms with Crippen molar-refractivity contribution in [1.29, 1.82) is 0 Å². The van der Waals surface area contributed by atoms with Gasteiger partial charge < -0.3 is 5.73 Å². The fraction of sp³-hybridized carbons (Fsp3) is 0.500. The van der Waals surface area contributed by atoms with Crippen LogP contribution in [0.25, 0.3) is 0 Å². The number of halogens is 1.